The van der Waals surface area contributed by atoms with Gasteiger partial charge in [0, 0.05) is 10.7 Å². The van der Waals surface area contributed by atoms with Crippen molar-refractivity contribution in [3.05, 3.63) is 55.6 Å². The Morgan fingerprint density at radius 3 is 2.00 bits per heavy atom. The lowest BCUT2D eigenvalue weighted by molar-refractivity contribution is 0.317. The highest BCUT2D eigenvalue weighted by molar-refractivity contribution is 8.13. The third-order valence-corrected chi connectivity index (χ3v) is 4.97. The van der Waals surface area contributed by atoms with Gasteiger partial charge < -0.3 is 4.74 Å². The van der Waals surface area contributed by atoms with E-state index < -0.39 is 18.9 Å². The second-order valence-corrected chi connectivity index (χ2v) is 9.46. The van der Waals surface area contributed by atoms with E-state index in [1.54, 1.807) is 0 Å². The first-order chi connectivity index (χ1) is 10.7. The first kappa shape index (κ1) is 21.7. The molecule has 23 heavy (non-hydrogen) atoms. The van der Waals surface area contributed by atoms with Crippen molar-refractivity contribution < 1.29 is 21.6 Å². The van der Waals surface area contributed by atoms with E-state index in [2.05, 4.69) is 13.2 Å². The van der Waals surface area contributed by atoms with Crippen molar-refractivity contribution >= 4 is 29.6 Å². The summed E-state index contributed by atoms with van der Waals surface area (Å²) in [6.07, 6.45) is 3.15. The van der Waals surface area contributed by atoms with Crippen LogP contribution < -0.4 is 4.74 Å². The highest BCUT2D eigenvalue weighted by atomic mass is 35.7. The molecule has 0 aliphatic rings. The zero-order valence-corrected chi connectivity index (χ0v) is 15.1. The Balaban J connectivity index is 0.000000585. The quantitative estimate of drug-likeness (QED) is 0.374. The molecule has 0 atom stereocenters. The first-order valence-corrected chi connectivity index (χ1v) is 11.0. The fourth-order valence-electron chi connectivity index (χ4n) is 1.39. The highest BCUT2D eigenvalue weighted by Gasteiger charge is 2.07. The molecule has 1 rings (SSSR count). The summed E-state index contributed by atoms with van der Waals surface area (Å²) in [5.41, 5.74) is 0. The van der Waals surface area contributed by atoms with Crippen molar-refractivity contribution in [2.75, 3.05) is 23.9 Å². The molecule has 0 heterocycles. The molecule has 0 bridgehead atoms. The van der Waals surface area contributed by atoms with Crippen LogP contribution >= 0.6 is 10.7 Å². The molecule has 0 saturated carbocycles. The summed E-state index contributed by atoms with van der Waals surface area (Å²) in [7, 11) is -1.57. The molecule has 0 unspecified atom stereocenters. The van der Waals surface area contributed by atoms with Gasteiger partial charge >= 0.3 is 0 Å². The number of sulfone groups is 1. The van der Waals surface area contributed by atoms with E-state index in [0.717, 1.165) is 5.75 Å². The van der Waals surface area contributed by atoms with E-state index in [0.29, 0.717) is 13.0 Å². The molecule has 0 spiro atoms. The first-order valence-electron chi connectivity index (χ1n) is 6.72. The second-order valence-electron chi connectivity index (χ2n) is 4.41. The summed E-state index contributed by atoms with van der Waals surface area (Å²) in [6.45, 7) is 7.01. The van der Waals surface area contributed by atoms with Gasteiger partial charge in [-0.25, -0.2) is 16.8 Å². The predicted molar refractivity (Wildman–Crippen MR) is 95.2 cm³/mol. The van der Waals surface area contributed by atoms with E-state index in [9.17, 15) is 16.8 Å². The number of para-hydroxylation sites is 1. The summed E-state index contributed by atoms with van der Waals surface area (Å²) in [5, 5.41) is 0. The average molecular weight is 381 g/mol. The van der Waals surface area contributed by atoms with E-state index in [-0.39, 0.29) is 17.3 Å². The van der Waals surface area contributed by atoms with Gasteiger partial charge in [-0.1, -0.05) is 30.4 Å². The smallest absolute Gasteiger partial charge is 0.236 e. The molecule has 8 heteroatoms. The van der Waals surface area contributed by atoms with Crippen LogP contribution in [-0.2, 0) is 18.9 Å². The zero-order chi connectivity index (χ0) is 17.8. The molecule has 1 aromatic rings. The number of hydrogen-bond donors (Lipinski definition) is 0. The van der Waals surface area contributed by atoms with Crippen LogP contribution in [0.15, 0.2) is 55.6 Å². The number of hydrogen-bond acceptors (Lipinski definition) is 5. The molecule has 0 fully saturated rings. The maximum absolute atomic E-state index is 11.3. The monoisotopic (exact) mass is 380 g/mol. The molecule has 0 aromatic heterocycles. The summed E-state index contributed by atoms with van der Waals surface area (Å²) in [5.74, 6) is 0.794. The Morgan fingerprint density at radius 2 is 1.57 bits per heavy atom. The summed E-state index contributed by atoms with van der Waals surface area (Å²) >= 11 is 0. The fraction of sp³-hybridized carbons (Fsp3) is 0.333. The molecular formula is C15H21ClO5S2. The molecule has 0 N–H and O–H groups in total. The minimum atomic E-state index is -3.32. The van der Waals surface area contributed by atoms with E-state index in [1.807, 2.05) is 30.3 Å². The third kappa shape index (κ3) is 14.0. The standard InChI is InChI=1S/C12H16O3S.C3H5ClO2S/c1-2-10-16(13,14)11-6-9-15-12-7-4-3-5-8-12;1-2-3-7(4,5)6/h2-5,7-8H,1,6,9-11H2;2H,1,3H2. The predicted octanol–water partition coefficient (Wildman–Crippen LogP) is 2.80. The molecule has 130 valence electrons. The average Bonchev–Trinajstić information content (AvgIpc) is 2.44. The van der Waals surface area contributed by atoms with Gasteiger partial charge in [0.25, 0.3) is 0 Å². The van der Waals surface area contributed by atoms with Gasteiger partial charge in [-0.15, -0.1) is 13.2 Å². The van der Waals surface area contributed by atoms with Crippen molar-refractivity contribution in [3.8, 4) is 5.75 Å². The topological polar surface area (TPSA) is 77.5 Å². The molecule has 0 radical (unpaired) electrons. The Morgan fingerprint density at radius 1 is 1.00 bits per heavy atom. The van der Waals surface area contributed by atoms with Gasteiger partial charge in [-0.2, -0.15) is 0 Å². The molecule has 0 saturated heterocycles. The maximum Gasteiger partial charge on any atom is 0.236 e. The van der Waals surface area contributed by atoms with E-state index in [4.69, 9.17) is 15.4 Å². The van der Waals surface area contributed by atoms with Gasteiger partial charge in [0.05, 0.1) is 23.9 Å². The van der Waals surface area contributed by atoms with Crippen LogP contribution in [0.5, 0.6) is 5.75 Å². The van der Waals surface area contributed by atoms with Crippen molar-refractivity contribution in [3.63, 3.8) is 0 Å². The lowest BCUT2D eigenvalue weighted by atomic mass is 10.3. The molecule has 5 nitrogen and oxygen atoms in total. The molecule has 0 aliphatic heterocycles. The number of ether oxygens (including phenoxy) is 1. The third-order valence-electron chi connectivity index (χ3n) is 2.30. The van der Waals surface area contributed by atoms with Crippen LogP contribution in [0.25, 0.3) is 0 Å². The summed E-state index contributed by atoms with van der Waals surface area (Å²) in [6, 6.07) is 9.35. The minimum absolute atomic E-state index is 0.0400. The Hall–Kier alpha value is -1.31. The number of benzene rings is 1. The van der Waals surface area contributed by atoms with Crippen LogP contribution in [0.4, 0.5) is 0 Å². The van der Waals surface area contributed by atoms with Crippen molar-refractivity contribution in [1.29, 1.82) is 0 Å². The molecule has 1 aromatic carbocycles. The van der Waals surface area contributed by atoms with Crippen molar-refractivity contribution in [2.45, 2.75) is 6.42 Å². The van der Waals surface area contributed by atoms with Crippen LogP contribution in [0.2, 0.25) is 0 Å². The largest absolute Gasteiger partial charge is 0.494 e. The summed E-state index contributed by atoms with van der Waals surface area (Å²) in [4.78, 5) is 0. The highest BCUT2D eigenvalue weighted by Crippen LogP contribution is 2.08. The zero-order valence-electron chi connectivity index (χ0n) is 12.7. The van der Waals surface area contributed by atoms with E-state index in [1.165, 1.54) is 12.2 Å². The fourth-order valence-corrected chi connectivity index (χ4v) is 3.02. The van der Waals surface area contributed by atoms with Gasteiger partial charge in [-0.05, 0) is 18.6 Å². The molecular weight excluding hydrogens is 360 g/mol. The van der Waals surface area contributed by atoms with Crippen molar-refractivity contribution in [1.82, 2.24) is 0 Å². The SMILES string of the molecule is C=CCS(=O)(=O)CCCOc1ccccc1.C=CCS(=O)(=O)Cl. The van der Waals surface area contributed by atoms with Crippen LogP contribution in [0, 0.1) is 0 Å². The van der Waals surface area contributed by atoms with Gasteiger partial charge in [0.1, 0.15) is 5.75 Å². The Labute approximate surface area is 143 Å². The lowest BCUT2D eigenvalue weighted by Crippen LogP contribution is -2.12. The van der Waals surface area contributed by atoms with Gasteiger partial charge in [0.15, 0.2) is 9.84 Å². The lowest BCUT2D eigenvalue weighted by Gasteiger charge is -2.05. The Kier molecular flexibility index (Phi) is 10.6. The van der Waals surface area contributed by atoms with Gasteiger partial charge in [-0.3, -0.25) is 0 Å². The van der Waals surface area contributed by atoms with Crippen LogP contribution in [0.3, 0.4) is 0 Å². The van der Waals surface area contributed by atoms with Crippen molar-refractivity contribution in [2.24, 2.45) is 0 Å². The number of halogens is 1. The normalized spacial score (nSPS) is 11.0. The van der Waals surface area contributed by atoms with Crippen LogP contribution in [0.1, 0.15) is 6.42 Å². The second kappa shape index (κ2) is 11.3. The summed E-state index contributed by atoms with van der Waals surface area (Å²) < 4.78 is 47.9. The minimum Gasteiger partial charge on any atom is -0.494 e. The van der Waals surface area contributed by atoms with Crippen LogP contribution in [-0.4, -0.2) is 40.7 Å². The number of rotatable bonds is 9. The van der Waals surface area contributed by atoms with E-state index >= 15 is 0 Å². The Bertz CT molecular complexity index is 667. The molecule has 0 aliphatic carbocycles. The maximum atomic E-state index is 11.3. The van der Waals surface area contributed by atoms with Gasteiger partial charge in [0.2, 0.25) is 9.05 Å². The molecule has 0 amide bonds.